The van der Waals surface area contributed by atoms with Gasteiger partial charge in [0.1, 0.15) is 0 Å². The zero-order valence-corrected chi connectivity index (χ0v) is 43.5. The Morgan fingerprint density at radius 3 is 0.767 bits per heavy atom. The Morgan fingerprint density at radius 1 is 0.333 bits per heavy atom. The molecule has 0 rings (SSSR count). The first kappa shape index (κ1) is 70.2. The molecule has 0 bridgehead atoms. The molecule has 18 heteroatoms. The van der Waals surface area contributed by atoms with Crippen LogP contribution < -0.4 is 22.9 Å². The summed E-state index contributed by atoms with van der Waals surface area (Å²) >= 11 is 0. The summed E-state index contributed by atoms with van der Waals surface area (Å²) in [6.07, 6.45) is 27.2. The highest BCUT2D eigenvalue weighted by molar-refractivity contribution is 7.54. The summed E-state index contributed by atoms with van der Waals surface area (Å²) in [6, 6.07) is 0. The van der Waals surface area contributed by atoms with Gasteiger partial charge in [-0.25, -0.2) is 0 Å². The molecule has 0 fully saturated rings. The first-order chi connectivity index (χ1) is 27.3. The molecular formula is C42H98Cl4N6O6P2. The van der Waals surface area contributed by atoms with Crippen LogP contribution in [0.1, 0.15) is 168 Å². The number of hydrogen-bond acceptors (Lipinski definition) is 12. The van der Waals surface area contributed by atoms with E-state index in [1.54, 1.807) is 0 Å². The smallest absolute Gasteiger partial charge is 0.330 e. The number of unbranched alkanes of at least 4 members (excludes halogenated alkanes) is 17. The Labute approximate surface area is 395 Å². The molecule has 0 aromatic carbocycles. The van der Waals surface area contributed by atoms with Gasteiger partial charge in [0.2, 0.25) is 0 Å². The Morgan fingerprint density at radius 2 is 0.550 bits per heavy atom. The highest BCUT2D eigenvalue weighted by Crippen LogP contribution is 2.49. The van der Waals surface area contributed by atoms with Crippen molar-refractivity contribution in [3.05, 3.63) is 0 Å². The molecule has 0 heterocycles. The Balaban J connectivity index is -0.00000252. The third-order valence-corrected chi connectivity index (χ3v) is 14.1. The summed E-state index contributed by atoms with van der Waals surface area (Å²) in [5, 5.41) is 0. The van der Waals surface area contributed by atoms with E-state index in [9.17, 15) is 9.13 Å². The molecule has 0 radical (unpaired) electrons. The molecule has 0 amide bonds. The third-order valence-electron chi connectivity index (χ3n) is 10.3. The number of nitrogens with zero attached hydrogens (tertiary/aromatic N) is 2. The predicted octanol–water partition coefficient (Wildman–Crippen LogP) is 11.0. The van der Waals surface area contributed by atoms with Crippen LogP contribution in [-0.2, 0) is 27.2 Å². The fourth-order valence-electron chi connectivity index (χ4n) is 6.64. The third kappa shape index (κ3) is 45.8. The molecule has 0 aliphatic heterocycles. The Kier molecular flexibility index (Phi) is 61.9. The minimum Gasteiger partial charge on any atom is -0.330 e. The molecule has 370 valence electrons. The summed E-state index contributed by atoms with van der Waals surface area (Å²) in [7, 11) is -6.28. The Bertz CT molecular complexity index is 847. The normalized spacial score (nSPS) is 13.3. The number of rotatable bonds is 47. The number of halogens is 4. The quantitative estimate of drug-likeness (QED) is 0.0335. The second kappa shape index (κ2) is 52.8. The summed E-state index contributed by atoms with van der Waals surface area (Å²) in [6.45, 7) is 13.9. The van der Waals surface area contributed by atoms with Gasteiger partial charge in [0.05, 0.1) is 38.8 Å². The van der Waals surface area contributed by atoms with Crippen LogP contribution >= 0.6 is 64.8 Å². The molecule has 0 aliphatic carbocycles. The van der Waals surface area contributed by atoms with Gasteiger partial charge in [-0.2, -0.15) is 0 Å². The second-order valence-corrected chi connectivity index (χ2v) is 20.0. The lowest BCUT2D eigenvalue weighted by molar-refractivity contribution is 0.190. The highest BCUT2D eigenvalue weighted by Gasteiger charge is 2.26. The minimum absolute atomic E-state index is 0. The zero-order chi connectivity index (χ0) is 41.3. The van der Waals surface area contributed by atoms with E-state index in [1.807, 2.05) is 0 Å². The zero-order valence-electron chi connectivity index (χ0n) is 38.5. The average Bonchev–Trinajstić information content (AvgIpc) is 3.20. The summed E-state index contributed by atoms with van der Waals surface area (Å²) in [5.41, 5.74) is 23.0. The van der Waals surface area contributed by atoms with Crippen molar-refractivity contribution in [3.63, 3.8) is 0 Å². The highest BCUT2D eigenvalue weighted by atomic mass is 35.5. The van der Waals surface area contributed by atoms with Gasteiger partial charge in [-0.3, -0.25) is 9.13 Å². The predicted molar refractivity (Wildman–Crippen MR) is 269 cm³/mol. The molecule has 0 saturated heterocycles. The lowest BCUT2D eigenvalue weighted by Gasteiger charge is -2.25. The van der Waals surface area contributed by atoms with Crippen LogP contribution in [0.5, 0.6) is 0 Å². The van der Waals surface area contributed by atoms with Crippen LogP contribution in [0.25, 0.3) is 0 Å². The molecule has 2 atom stereocenters. The summed E-state index contributed by atoms with van der Waals surface area (Å²) in [4.78, 5) is 4.60. The van der Waals surface area contributed by atoms with Crippen LogP contribution in [-0.4, -0.2) is 114 Å². The van der Waals surface area contributed by atoms with Gasteiger partial charge in [0.25, 0.3) is 0 Å². The Hall–Kier alpha value is 1.22. The van der Waals surface area contributed by atoms with Crippen LogP contribution in [0.2, 0.25) is 0 Å². The van der Waals surface area contributed by atoms with Gasteiger partial charge in [-0.1, -0.05) is 117 Å². The molecule has 0 spiro atoms. The summed E-state index contributed by atoms with van der Waals surface area (Å²) < 4.78 is 51.3. The topological polar surface area (TPSA) is 182 Å². The molecular weight excluding hydrogens is 888 g/mol. The van der Waals surface area contributed by atoms with E-state index in [-0.39, 0.29) is 49.6 Å². The van der Waals surface area contributed by atoms with Crippen molar-refractivity contribution in [1.29, 1.82) is 0 Å². The maximum absolute atomic E-state index is 13.7. The standard InChI is InChI=1S/C42H94N6O6P2.4ClH/c1-3-5-7-19-37-51-55(49,41-35-47(31-23-27-43)32-24-28-44)53-39-21-17-15-13-11-9-10-12-14-16-18-22-40-54-56(50,52-38-20-8-6-4-2)42-36-48(33-25-29-45)34-26-30-46;;;;/h3-46H2,1-2H3;4*1H. The van der Waals surface area contributed by atoms with Crippen LogP contribution in [0, 0.1) is 0 Å². The van der Waals surface area contributed by atoms with E-state index >= 15 is 0 Å². The van der Waals surface area contributed by atoms with Crippen molar-refractivity contribution in [2.24, 2.45) is 22.9 Å². The van der Waals surface area contributed by atoms with Crippen molar-refractivity contribution in [1.82, 2.24) is 9.80 Å². The van der Waals surface area contributed by atoms with E-state index in [1.165, 1.54) is 64.2 Å². The molecule has 0 aromatic heterocycles. The molecule has 12 nitrogen and oxygen atoms in total. The summed E-state index contributed by atoms with van der Waals surface area (Å²) in [5.74, 6) is 0. The van der Waals surface area contributed by atoms with Crippen LogP contribution in [0.15, 0.2) is 0 Å². The van der Waals surface area contributed by atoms with Gasteiger partial charge in [-0.15, -0.1) is 49.6 Å². The lowest BCUT2D eigenvalue weighted by atomic mass is 10.1. The molecule has 8 N–H and O–H groups in total. The van der Waals surface area contributed by atoms with E-state index < -0.39 is 15.2 Å². The lowest BCUT2D eigenvalue weighted by Crippen LogP contribution is -2.31. The van der Waals surface area contributed by atoms with Crippen molar-refractivity contribution < 1.29 is 27.2 Å². The van der Waals surface area contributed by atoms with Crippen molar-refractivity contribution in [3.8, 4) is 0 Å². The fourth-order valence-corrected chi connectivity index (χ4v) is 9.99. The molecule has 0 aliphatic rings. The monoisotopic (exact) mass is 985 g/mol. The van der Waals surface area contributed by atoms with Crippen molar-refractivity contribution >= 4 is 64.8 Å². The van der Waals surface area contributed by atoms with Crippen LogP contribution in [0.4, 0.5) is 0 Å². The number of nitrogens with two attached hydrogens (primary N) is 4. The molecule has 0 aromatic rings. The molecule has 60 heavy (non-hydrogen) atoms. The van der Waals surface area contributed by atoms with Gasteiger partial charge < -0.3 is 50.8 Å². The van der Waals surface area contributed by atoms with Crippen molar-refractivity contribution in [2.75, 3.05) is 104 Å². The largest absolute Gasteiger partial charge is 0.331 e. The van der Waals surface area contributed by atoms with Gasteiger partial charge >= 0.3 is 15.2 Å². The van der Waals surface area contributed by atoms with E-state index in [2.05, 4.69) is 23.6 Å². The fraction of sp³-hybridized carbons (Fsp3) is 1.00. The maximum atomic E-state index is 13.7. The molecule has 0 saturated carbocycles. The van der Waals surface area contributed by atoms with E-state index in [0.29, 0.717) is 78.0 Å². The second-order valence-electron chi connectivity index (χ2n) is 15.6. The average molecular weight is 987 g/mol. The van der Waals surface area contributed by atoms with Crippen molar-refractivity contribution in [2.45, 2.75) is 168 Å². The SMILES string of the molecule is CCCCCCOP(=O)(CCN(CCCN)CCCN)OCCCCCCCCCCCCCCOP(=O)(CCN(CCCN)CCCN)OCCCCCC.Cl.Cl.Cl.Cl. The number of hydrogen-bond donors (Lipinski definition) is 4. The first-order valence-electron chi connectivity index (χ1n) is 23.3. The van der Waals surface area contributed by atoms with Gasteiger partial charge in [0, 0.05) is 13.1 Å². The van der Waals surface area contributed by atoms with E-state index in [4.69, 9.17) is 41.0 Å². The van der Waals surface area contributed by atoms with E-state index in [0.717, 1.165) is 116 Å². The first-order valence-corrected chi connectivity index (χ1v) is 26.8. The maximum Gasteiger partial charge on any atom is 0.331 e. The van der Waals surface area contributed by atoms with Gasteiger partial charge in [0.15, 0.2) is 0 Å². The van der Waals surface area contributed by atoms with Crippen LogP contribution in [0.3, 0.4) is 0 Å². The molecule has 2 unspecified atom stereocenters. The van der Waals surface area contributed by atoms with Gasteiger partial charge in [-0.05, 0) is 104 Å². The minimum atomic E-state index is -3.14.